The Morgan fingerprint density at radius 3 is 2.45 bits per heavy atom. The predicted octanol–water partition coefficient (Wildman–Crippen LogP) is 6.85. The van der Waals surface area contributed by atoms with Crippen molar-refractivity contribution in [1.29, 1.82) is 0 Å². The van der Waals surface area contributed by atoms with Crippen LogP contribution < -0.4 is 5.32 Å². The minimum absolute atomic E-state index is 0.0174. The van der Waals surface area contributed by atoms with Crippen molar-refractivity contribution in [2.45, 2.75) is 70.9 Å². The molecule has 0 atom stereocenters. The summed E-state index contributed by atoms with van der Waals surface area (Å²) >= 11 is 0. The van der Waals surface area contributed by atoms with Crippen LogP contribution in [0.2, 0.25) is 0 Å². The molecule has 5 aromatic rings. The Labute approximate surface area is 246 Å². The molecule has 3 aromatic carbocycles. The molecule has 42 heavy (non-hydrogen) atoms. The maximum atomic E-state index is 13.4. The Morgan fingerprint density at radius 2 is 1.71 bits per heavy atom. The molecule has 1 saturated carbocycles. The third kappa shape index (κ3) is 6.17. The van der Waals surface area contributed by atoms with Crippen molar-refractivity contribution >= 4 is 5.91 Å². The molecule has 2 heterocycles. The van der Waals surface area contributed by atoms with E-state index in [2.05, 4.69) is 97.0 Å². The third-order valence-corrected chi connectivity index (χ3v) is 8.18. The summed E-state index contributed by atoms with van der Waals surface area (Å²) in [6, 6.07) is 25.5. The fourth-order valence-corrected chi connectivity index (χ4v) is 5.85. The Bertz CT molecular complexity index is 1600. The minimum atomic E-state index is -0.0174. The van der Waals surface area contributed by atoms with Gasteiger partial charge in [-0.3, -0.25) is 4.79 Å². The second-order valence-corrected chi connectivity index (χ2v) is 11.1. The highest BCUT2D eigenvalue weighted by Gasteiger charge is 2.21. The van der Waals surface area contributed by atoms with Gasteiger partial charge in [-0.25, -0.2) is 4.98 Å². The number of tetrazole rings is 1. The number of aromatic amines is 1. The second-order valence-electron chi connectivity index (χ2n) is 11.1. The molecule has 1 aliphatic carbocycles. The number of amides is 1. The highest BCUT2D eigenvalue weighted by Crippen LogP contribution is 2.34. The maximum absolute atomic E-state index is 13.4. The zero-order chi connectivity index (χ0) is 28.7. The summed E-state index contributed by atoms with van der Waals surface area (Å²) < 4.78 is 2.10. The Morgan fingerprint density at radius 1 is 0.929 bits per heavy atom. The molecular weight excluding hydrogens is 522 g/mol. The number of rotatable bonds is 10. The highest BCUT2D eigenvalue weighted by molar-refractivity contribution is 5.92. The quantitative estimate of drug-likeness (QED) is 0.195. The molecule has 8 nitrogen and oxygen atoms in total. The number of nitrogens with zero attached hydrogens (tertiary/aromatic N) is 5. The molecule has 1 aliphatic rings. The van der Waals surface area contributed by atoms with E-state index in [0.717, 1.165) is 71.3 Å². The fraction of sp³-hybridized carbons (Fsp3) is 0.324. The molecule has 1 fully saturated rings. The molecule has 0 unspecified atom stereocenters. The Kier molecular flexibility index (Phi) is 8.49. The Hall–Kier alpha value is -4.59. The summed E-state index contributed by atoms with van der Waals surface area (Å²) in [5, 5.41) is 18.1. The van der Waals surface area contributed by atoms with Crippen molar-refractivity contribution in [2.75, 3.05) is 0 Å². The second kappa shape index (κ2) is 12.9. The van der Waals surface area contributed by atoms with E-state index in [1.165, 1.54) is 19.3 Å². The lowest BCUT2D eigenvalue weighted by Crippen LogP contribution is -2.37. The van der Waals surface area contributed by atoms with Gasteiger partial charge < -0.3 is 9.88 Å². The van der Waals surface area contributed by atoms with Crippen LogP contribution >= 0.6 is 0 Å². The summed E-state index contributed by atoms with van der Waals surface area (Å²) in [6.45, 7) is 2.77. The van der Waals surface area contributed by atoms with Gasteiger partial charge in [-0.05, 0) is 64.4 Å². The standard InChI is InChI=1S/C34H37N7O/c1-2-3-14-32-35-22-31(34(42)36-28-12-8-5-9-13-28)41(32)23-24-15-17-26(18-16-24)30-21-27(25-10-6-4-7-11-25)19-20-29(30)33-37-39-40-38-33/h4,6-7,10-11,15-22,28H,2-3,5,8-9,12-14,23H2,1H3,(H,36,42)(H,37,38,39,40). The van der Waals surface area contributed by atoms with E-state index in [9.17, 15) is 4.79 Å². The number of carbonyl (C=O) groups is 1. The van der Waals surface area contributed by atoms with Crippen LogP contribution in [0.25, 0.3) is 33.6 Å². The van der Waals surface area contributed by atoms with Crippen molar-refractivity contribution < 1.29 is 4.79 Å². The van der Waals surface area contributed by atoms with Crippen LogP contribution in [0.5, 0.6) is 0 Å². The third-order valence-electron chi connectivity index (χ3n) is 8.18. The van der Waals surface area contributed by atoms with Gasteiger partial charge in [0.1, 0.15) is 11.5 Å². The van der Waals surface area contributed by atoms with E-state index < -0.39 is 0 Å². The molecule has 0 spiro atoms. The first-order chi connectivity index (χ1) is 20.7. The first-order valence-electron chi connectivity index (χ1n) is 15.1. The zero-order valence-electron chi connectivity index (χ0n) is 24.1. The number of hydrogen-bond donors (Lipinski definition) is 2. The van der Waals surface area contributed by atoms with Crippen LogP contribution in [0.1, 0.15) is 73.7 Å². The predicted molar refractivity (Wildman–Crippen MR) is 165 cm³/mol. The number of nitrogens with one attached hydrogen (secondary N) is 2. The van der Waals surface area contributed by atoms with Crippen molar-refractivity contribution in [2.24, 2.45) is 0 Å². The van der Waals surface area contributed by atoms with Crippen LogP contribution in [0.4, 0.5) is 0 Å². The van der Waals surface area contributed by atoms with Gasteiger partial charge in [0.25, 0.3) is 5.91 Å². The molecular formula is C34H37N7O. The van der Waals surface area contributed by atoms with E-state index >= 15 is 0 Å². The number of unbranched alkanes of at least 4 members (excludes halogenated alkanes) is 1. The molecule has 0 aliphatic heterocycles. The number of benzene rings is 3. The molecule has 0 saturated heterocycles. The van der Waals surface area contributed by atoms with Gasteiger partial charge in [0.05, 0.1) is 6.20 Å². The highest BCUT2D eigenvalue weighted by atomic mass is 16.2. The lowest BCUT2D eigenvalue weighted by atomic mass is 9.93. The van der Waals surface area contributed by atoms with Gasteiger partial charge >= 0.3 is 0 Å². The normalized spacial score (nSPS) is 13.7. The van der Waals surface area contributed by atoms with Crippen molar-refractivity contribution in [3.63, 3.8) is 0 Å². The number of imidazole rings is 1. The van der Waals surface area contributed by atoms with Gasteiger partial charge in [-0.1, -0.05) is 93.3 Å². The van der Waals surface area contributed by atoms with Crippen LogP contribution in [0.3, 0.4) is 0 Å². The lowest BCUT2D eigenvalue weighted by Gasteiger charge is -2.23. The maximum Gasteiger partial charge on any atom is 0.269 e. The molecule has 6 rings (SSSR count). The van der Waals surface area contributed by atoms with E-state index in [1.54, 1.807) is 6.20 Å². The van der Waals surface area contributed by atoms with Gasteiger partial charge in [0.2, 0.25) is 5.82 Å². The molecule has 2 aromatic heterocycles. The van der Waals surface area contributed by atoms with Crippen LogP contribution in [0.15, 0.2) is 79.0 Å². The fourth-order valence-electron chi connectivity index (χ4n) is 5.85. The van der Waals surface area contributed by atoms with E-state index in [0.29, 0.717) is 18.1 Å². The molecule has 1 amide bonds. The number of hydrogen-bond acceptors (Lipinski definition) is 5. The zero-order valence-corrected chi connectivity index (χ0v) is 24.1. The largest absolute Gasteiger partial charge is 0.348 e. The molecule has 8 heteroatoms. The van der Waals surface area contributed by atoms with Crippen molar-refractivity contribution in [3.8, 4) is 33.6 Å². The number of aromatic nitrogens is 6. The van der Waals surface area contributed by atoms with Crippen molar-refractivity contribution in [3.05, 3.63) is 96.1 Å². The summed E-state index contributed by atoms with van der Waals surface area (Å²) in [5.41, 5.74) is 7.02. The molecule has 0 bridgehead atoms. The average Bonchev–Trinajstić information content (AvgIpc) is 3.72. The molecule has 214 valence electrons. The number of carbonyl (C=O) groups excluding carboxylic acids is 1. The van der Waals surface area contributed by atoms with Crippen LogP contribution in [0, 0.1) is 0 Å². The molecule has 0 radical (unpaired) electrons. The number of H-pyrrole nitrogens is 1. The van der Waals surface area contributed by atoms with Crippen LogP contribution in [-0.2, 0) is 13.0 Å². The van der Waals surface area contributed by atoms with E-state index in [-0.39, 0.29) is 11.9 Å². The summed E-state index contributed by atoms with van der Waals surface area (Å²) in [5.74, 6) is 1.50. The molecule has 2 N–H and O–H groups in total. The van der Waals surface area contributed by atoms with E-state index in [4.69, 9.17) is 0 Å². The van der Waals surface area contributed by atoms with Gasteiger partial charge in [0, 0.05) is 24.6 Å². The first-order valence-corrected chi connectivity index (χ1v) is 15.1. The Balaban J connectivity index is 1.29. The number of aryl methyl sites for hydroxylation is 1. The van der Waals surface area contributed by atoms with Gasteiger partial charge in [0.15, 0.2) is 0 Å². The summed E-state index contributed by atoms with van der Waals surface area (Å²) in [6.07, 6.45) is 10.5. The lowest BCUT2D eigenvalue weighted by molar-refractivity contribution is 0.0918. The monoisotopic (exact) mass is 559 g/mol. The van der Waals surface area contributed by atoms with Crippen LogP contribution in [-0.4, -0.2) is 42.1 Å². The smallest absolute Gasteiger partial charge is 0.269 e. The average molecular weight is 560 g/mol. The first kappa shape index (κ1) is 27.6. The topological polar surface area (TPSA) is 101 Å². The van der Waals surface area contributed by atoms with Gasteiger partial charge in [-0.15, -0.1) is 10.2 Å². The van der Waals surface area contributed by atoms with Gasteiger partial charge in [-0.2, -0.15) is 5.21 Å². The van der Waals surface area contributed by atoms with E-state index in [1.807, 2.05) is 18.2 Å². The van der Waals surface area contributed by atoms with Crippen molar-refractivity contribution in [1.82, 2.24) is 35.5 Å². The minimum Gasteiger partial charge on any atom is -0.348 e. The SMILES string of the molecule is CCCCc1ncc(C(=O)NC2CCCCC2)n1Cc1ccc(-c2cc(-c3ccccc3)ccc2-c2nn[nH]n2)cc1. The summed E-state index contributed by atoms with van der Waals surface area (Å²) in [7, 11) is 0. The summed E-state index contributed by atoms with van der Waals surface area (Å²) in [4.78, 5) is 18.0.